The van der Waals surface area contributed by atoms with Gasteiger partial charge >= 0.3 is 0 Å². The number of hydrogen-bond donors (Lipinski definition) is 1. The standard InChI is InChI=1S/C20H31N3O/c1-17-7-2-3-8-18(17)10-11-21-20(24)16-23-14-6-9-19(23)15-22-12-4-5-13-22/h2-3,7-8,19H,4-6,9-16H2,1H3,(H,21,24). The summed E-state index contributed by atoms with van der Waals surface area (Å²) in [6, 6.07) is 8.98. The van der Waals surface area contributed by atoms with Crippen LogP contribution in [-0.4, -0.2) is 61.0 Å². The molecule has 2 saturated heterocycles. The van der Waals surface area contributed by atoms with Gasteiger partial charge in [0.2, 0.25) is 5.91 Å². The molecule has 2 heterocycles. The Labute approximate surface area is 146 Å². The Kier molecular flexibility index (Phi) is 6.27. The summed E-state index contributed by atoms with van der Waals surface area (Å²) in [6.45, 7) is 8.13. The molecule has 0 aromatic heterocycles. The van der Waals surface area contributed by atoms with Crippen molar-refractivity contribution in [2.45, 2.75) is 45.1 Å². The minimum Gasteiger partial charge on any atom is -0.355 e. The molecule has 4 nitrogen and oxygen atoms in total. The van der Waals surface area contributed by atoms with Crippen molar-refractivity contribution in [2.75, 3.05) is 39.3 Å². The zero-order valence-electron chi connectivity index (χ0n) is 15.0. The Morgan fingerprint density at radius 2 is 1.96 bits per heavy atom. The number of likely N-dealkylation sites (tertiary alicyclic amines) is 2. The summed E-state index contributed by atoms with van der Waals surface area (Å²) in [5, 5.41) is 3.11. The Hall–Kier alpha value is -1.39. The number of nitrogens with one attached hydrogen (secondary N) is 1. The van der Waals surface area contributed by atoms with E-state index in [1.807, 2.05) is 0 Å². The lowest BCUT2D eigenvalue weighted by Gasteiger charge is -2.27. The van der Waals surface area contributed by atoms with Crippen LogP contribution in [0.3, 0.4) is 0 Å². The maximum Gasteiger partial charge on any atom is 0.234 e. The number of benzene rings is 1. The fourth-order valence-corrected chi connectivity index (χ4v) is 4.04. The molecule has 1 N–H and O–H groups in total. The summed E-state index contributed by atoms with van der Waals surface area (Å²) >= 11 is 0. The van der Waals surface area contributed by atoms with Crippen molar-refractivity contribution < 1.29 is 4.79 Å². The first-order chi connectivity index (χ1) is 11.7. The highest BCUT2D eigenvalue weighted by molar-refractivity contribution is 5.78. The van der Waals surface area contributed by atoms with Crippen molar-refractivity contribution >= 4 is 5.91 Å². The van der Waals surface area contributed by atoms with E-state index < -0.39 is 0 Å². The predicted octanol–water partition coefficient (Wildman–Crippen LogP) is 2.21. The van der Waals surface area contributed by atoms with Crippen LogP contribution >= 0.6 is 0 Å². The molecule has 1 aromatic rings. The van der Waals surface area contributed by atoms with Crippen molar-refractivity contribution in [3.05, 3.63) is 35.4 Å². The molecule has 1 atom stereocenters. The molecule has 132 valence electrons. The number of nitrogens with zero attached hydrogens (tertiary/aromatic N) is 2. The number of carbonyl (C=O) groups is 1. The minimum atomic E-state index is 0.178. The van der Waals surface area contributed by atoms with E-state index in [-0.39, 0.29) is 5.91 Å². The van der Waals surface area contributed by atoms with E-state index in [1.165, 1.54) is 49.9 Å². The van der Waals surface area contributed by atoms with Crippen LogP contribution in [0.25, 0.3) is 0 Å². The molecule has 1 aromatic carbocycles. The first-order valence-electron chi connectivity index (χ1n) is 9.50. The van der Waals surface area contributed by atoms with Crippen molar-refractivity contribution in [3.63, 3.8) is 0 Å². The second kappa shape index (κ2) is 8.63. The highest BCUT2D eigenvalue weighted by atomic mass is 16.2. The van der Waals surface area contributed by atoms with Crippen LogP contribution in [0.2, 0.25) is 0 Å². The quantitative estimate of drug-likeness (QED) is 0.833. The fraction of sp³-hybridized carbons (Fsp3) is 0.650. The Morgan fingerprint density at radius 3 is 2.75 bits per heavy atom. The van der Waals surface area contributed by atoms with E-state index in [4.69, 9.17) is 0 Å². The molecular formula is C20H31N3O. The number of carbonyl (C=O) groups excluding carboxylic acids is 1. The van der Waals surface area contributed by atoms with Gasteiger partial charge in [0, 0.05) is 19.1 Å². The maximum absolute atomic E-state index is 12.3. The van der Waals surface area contributed by atoms with E-state index in [9.17, 15) is 4.79 Å². The van der Waals surface area contributed by atoms with E-state index >= 15 is 0 Å². The summed E-state index contributed by atoms with van der Waals surface area (Å²) in [5.41, 5.74) is 2.63. The van der Waals surface area contributed by atoms with Crippen LogP contribution in [0, 0.1) is 6.92 Å². The molecule has 0 aliphatic carbocycles. The molecule has 0 spiro atoms. The summed E-state index contributed by atoms with van der Waals surface area (Å²) in [6.07, 6.45) is 6.07. The lowest BCUT2D eigenvalue weighted by Crippen LogP contribution is -2.44. The molecule has 24 heavy (non-hydrogen) atoms. The van der Waals surface area contributed by atoms with Gasteiger partial charge in [-0.05, 0) is 69.8 Å². The van der Waals surface area contributed by atoms with Gasteiger partial charge < -0.3 is 10.2 Å². The second-order valence-electron chi connectivity index (χ2n) is 7.30. The predicted molar refractivity (Wildman–Crippen MR) is 98.2 cm³/mol. The molecular weight excluding hydrogens is 298 g/mol. The highest BCUT2D eigenvalue weighted by Crippen LogP contribution is 2.19. The Balaban J connectivity index is 1.40. The molecule has 2 aliphatic rings. The second-order valence-corrected chi connectivity index (χ2v) is 7.30. The summed E-state index contributed by atoms with van der Waals surface area (Å²) in [4.78, 5) is 17.2. The zero-order valence-corrected chi connectivity index (χ0v) is 15.0. The van der Waals surface area contributed by atoms with Crippen LogP contribution in [0.5, 0.6) is 0 Å². The van der Waals surface area contributed by atoms with Gasteiger partial charge in [-0.1, -0.05) is 24.3 Å². The summed E-state index contributed by atoms with van der Waals surface area (Å²) in [7, 11) is 0. The fourth-order valence-electron chi connectivity index (χ4n) is 4.04. The Bertz CT molecular complexity index is 539. The van der Waals surface area contributed by atoms with E-state index in [0.29, 0.717) is 12.6 Å². The lowest BCUT2D eigenvalue weighted by atomic mass is 10.1. The normalized spacial score (nSPS) is 22.1. The van der Waals surface area contributed by atoms with Crippen molar-refractivity contribution in [2.24, 2.45) is 0 Å². The van der Waals surface area contributed by atoms with Gasteiger partial charge in [0.15, 0.2) is 0 Å². The van der Waals surface area contributed by atoms with Gasteiger partial charge in [-0.3, -0.25) is 9.69 Å². The number of hydrogen-bond acceptors (Lipinski definition) is 3. The van der Waals surface area contributed by atoms with E-state index in [0.717, 1.165) is 26.1 Å². The first-order valence-corrected chi connectivity index (χ1v) is 9.50. The zero-order chi connectivity index (χ0) is 16.8. The lowest BCUT2D eigenvalue weighted by molar-refractivity contribution is -0.122. The third kappa shape index (κ3) is 4.81. The Morgan fingerprint density at radius 1 is 1.17 bits per heavy atom. The van der Waals surface area contributed by atoms with Gasteiger partial charge in [-0.2, -0.15) is 0 Å². The van der Waals surface area contributed by atoms with Crippen LogP contribution in [-0.2, 0) is 11.2 Å². The molecule has 0 bridgehead atoms. The molecule has 1 unspecified atom stereocenters. The SMILES string of the molecule is Cc1ccccc1CCNC(=O)CN1CCCC1CN1CCCC1. The third-order valence-corrected chi connectivity index (χ3v) is 5.49. The third-order valence-electron chi connectivity index (χ3n) is 5.49. The molecule has 0 saturated carbocycles. The van der Waals surface area contributed by atoms with E-state index in [1.54, 1.807) is 0 Å². The monoisotopic (exact) mass is 329 g/mol. The largest absolute Gasteiger partial charge is 0.355 e. The molecule has 3 rings (SSSR count). The molecule has 1 amide bonds. The van der Waals surface area contributed by atoms with Crippen molar-refractivity contribution in [1.29, 1.82) is 0 Å². The van der Waals surface area contributed by atoms with Gasteiger partial charge in [-0.15, -0.1) is 0 Å². The average molecular weight is 329 g/mol. The van der Waals surface area contributed by atoms with Crippen molar-refractivity contribution in [3.8, 4) is 0 Å². The van der Waals surface area contributed by atoms with Gasteiger partial charge in [0.05, 0.1) is 6.54 Å². The topological polar surface area (TPSA) is 35.6 Å². The number of rotatable bonds is 7. The van der Waals surface area contributed by atoms with Crippen LogP contribution < -0.4 is 5.32 Å². The van der Waals surface area contributed by atoms with Crippen LogP contribution in [0.4, 0.5) is 0 Å². The molecule has 0 radical (unpaired) electrons. The number of aryl methyl sites for hydroxylation is 1. The highest BCUT2D eigenvalue weighted by Gasteiger charge is 2.28. The smallest absolute Gasteiger partial charge is 0.234 e. The maximum atomic E-state index is 12.3. The average Bonchev–Trinajstić information content (AvgIpc) is 3.22. The molecule has 4 heteroatoms. The number of amides is 1. The molecule has 2 fully saturated rings. The molecule has 2 aliphatic heterocycles. The van der Waals surface area contributed by atoms with Crippen LogP contribution in [0.1, 0.15) is 36.8 Å². The van der Waals surface area contributed by atoms with Gasteiger partial charge in [-0.25, -0.2) is 0 Å². The van der Waals surface area contributed by atoms with E-state index in [2.05, 4.69) is 46.3 Å². The summed E-state index contributed by atoms with van der Waals surface area (Å²) < 4.78 is 0. The van der Waals surface area contributed by atoms with Crippen molar-refractivity contribution in [1.82, 2.24) is 15.1 Å². The first kappa shape index (κ1) is 17.4. The summed E-state index contributed by atoms with van der Waals surface area (Å²) in [5.74, 6) is 0.178. The minimum absolute atomic E-state index is 0.178. The van der Waals surface area contributed by atoms with Crippen LogP contribution in [0.15, 0.2) is 24.3 Å². The van der Waals surface area contributed by atoms with Gasteiger partial charge in [0.1, 0.15) is 0 Å². The van der Waals surface area contributed by atoms with Gasteiger partial charge in [0.25, 0.3) is 0 Å².